The van der Waals surface area contributed by atoms with E-state index in [4.69, 9.17) is 9.26 Å². The Morgan fingerprint density at radius 1 is 1.03 bits per heavy atom. The Balaban J connectivity index is 1.15. The molecule has 2 heterocycles. The molecule has 1 atom stereocenters. The van der Waals surface area contributed by atoms with E-state index in [1.54, 1.807) is 0 Å². The minimum Gasteiger partial charge on any atom is -0.457 e. The van der Waals surface area contributed by atoms with Crippen LogP contribution in [-0.2, 0) is 11.3 Å². The second kappa shape index (κ2) is 10.8. The van der Waals surface area contributed by atoms with Crippen molar-refractivity contribution in [3.8, 4) is 22.9 Å². The maximum atomic E-state index is 12.9. The van der Waals surface area contributed by atoms with Crippen LogP contribution in [0.25, 0.3) is 11.4 Å². The predicted octanol–water partition coefficient (Wildman–Crippen LogP) is 6.14. The van der Waals surface area contributed by atoms with Crippen LogP contribution in [0.1, 0.15) is 18.7 Å². The van der Waals surface area contributed by atoms with Crippen molar-refractivity contribution in [1.29, 1.82) is 0 Å². The van der Waals surface area contributed by atoms with Gasteiger partial charge in [0.2, 0.25) is 17.6 Å². The van der Waals surface area contributed by atoms with Crippen molar-refractivity contribution in [1.82, 2.24) is 15.0 Å². The molecule has 0 spiro atoms. The van der Waals surface area contributed by atoms with Crippen molar-refractivity contribution in [3.63, 3.8) is 0 Å². The van der Waals surface area contributed by atoms with Crippen molar-refractivity contribution >= 4 is 27.5 Å². The molecule has 1 amide bonds. The molecule has 0 saturated carbocycles. The Kier molecular flexibility index (Phi) is 7.20. The lowest BCUT2D eigenvalue weighted by Crippen LogP contribution is -2.40. The van der Waals surface area contributed by atoms with Crippen molar-refractivity contribution in [2.24, 2.45) is 5.92 Å². The van der Waals surface area contributed by atoms with E-state index in [0.717, 1.165) is 46.6 Å². The van der Waals surface area contributed by atoms with Crippen molar-refractivity contribution < 1.29 is 14.1 Å². The lowest BCUT2D eigenvalue weighted by atomic mass is 9.97. The normalized spacial score (nSPS) is 16.1. The molecule has 1 aliphatic rings. The zero-order valence-corrected chi connectivity index (χ0v) is 20.6. The van der Waals surface area contributed by atoms with E-state index >= 15 is 0 Å². The molecule has 1 fully saturated rings. The minimum absolute atomic E-state index is 0.0208. The van der Waals surface area contributed by atoms with Gasteiger partial charge in [0.25, 0.3) is 0 Å². The highest BCUT2D eigenvalue weighted by Gasteiger charge is 2.27. The lowest BCUT2D eigenvalue weighted by Gasteiger charge is -2.30. The lowest BCUT2D eigenvalue weighted by molar-refractivity contribution is -0.121. The van der Waals surface area contributed by atoms with Crippen LogP contribution in [0.15, 0.2) is 87.9 Å². The first kappa shape index (κ1) is 23.3. The first-order valence-corrected chi connectivity index (χ1v) is 12.4. The molecule has 1 aromatic heterocycles. The minimum atomic E-state index is -0.0992. The summed E-state index contributed by atoms with van der Waals surface area (Å²) in [6, 6.07) is 24.8. The molecule has 35 heavy (non-hydrogen) atoms. The van der Waals surface area contributed by atoms with Gasteiger partial charge in [-0.05, 0) is 80.1 Å². The third kappa shape index (κ3) is 6.15. The predicted molar refractivity (Wildman–Crippen MR) is 137 cm³/mol. The Morgan fingerprint density at radius 3 is 2.54 bits per heavy atom. The van der Waals surface area contributed by atoms with Crippen molar-refractivity contribution in [2.45, 2.75) is 19.4 Å². The molecule has 0 radical (unpaired) electrons. The molecular weight excluding hydrogens is 508 g/mol. The first-order valence-electron chi connectivity index (χ1n) is 11.6. The average Bonchev–Trinajstić information content (AvgIpc) is 3.35. The largest absolute Gasteiger partial charge is 0.457 e. The summed E-state index contributed by atoms with van der Waals surface area (Å²) in [6.45, 7) is 2.07. The molecule has 7 nitrogen and oxygen atoms in total. The van der Waals surface area contributed by atoms with Crippen LogP contribution in [0.2, 0.25) is 0 Å². The number of ether oxygens (including phenoxy) is 1. The molecule has 8 heteroatoms. The zero-order valence-electron chi connectivity index (χ0n) is 19.1. The van der Waals surface area contributed by atoms with Gasteiger partial charge in [-0.1, -0.05) is 39.3 Å². The molecule has 5 rings (SSSR count). The van der Waals surface area contributed by atoms with E-state index in [1.165, 1.54) is 0 Å². The van der Waals surface area contributed by atoms with Crippen LogP contribution >= 0.6 is 15.9 Å². The van der Waals surface area contributed by atoms with E-state index in [2.05, 4.69) is 36.3 Å². The van der Waals surface area contributed by atoms with Crippen molar-refractivity contribution in [3.05, 3.63) is 89.2 Å². The Labute approximate surface area is 212 Å². The number of carbonyl (C=O) groups is 1. The van der Waals surface area contributed by atoms with Gasteiger partial charge >= 0.3 is 0 Å². The summed E-state index contributed by atoms with van der Waals surface area (Å²) in [6.07, 6.45) is 1.79. The third-order valence-corrected chi connectivity index (χ3v) is 6.44. The Hall–Kier alpha value is -3.49. The summed E-state index contributed by atoms with van der Waals surface area (Å²) in [7, 11) is 0. The highest BCUT2D eigenvalue weighted by molar-refractivity contribution is 9.10. The average molecular weight is 533 g/mol. The molecule has 0 bridgehead atoms. The fourth-order valence-corrected chi connectivity index (χ4v) is 4.38. The van der Waals surface area contributed by atoms with E-state index in [0.29, 0.717) is 24.8 Å². The quantitative estimate of drug-likeness (QED) is 0.307. The number of nitrogens with one attached hydrogen (secondary N) is 1. The summed E-state index contributed by atoms with van der Waals surface area (Å²) >= 11 is 3.43. The number of rotatable bonds is 7. The molecule has 178 valence electrons. The van der Waals surface area contributed by atoms with E-state index < -0.39 is 0 Å². The number of aromatic nitrogens is 2. The van der Waals surface area contributed by atoms with E-state index in [-0.39, 0.29) is 11.8 Å². The van der Waals surface area contributed by atoms with Crippen LogP contribution < -0.4 is 10.1 Å². The number of hydrogen-bond donors (Lipinski definition) is 1. The van der Waals surface area contributed by atoms with Crippen LogP contribution in [0.4, 0.5) is 5.69 Å². The number of halogens is 1. The number of likely N-dealkylation sites (tertiary alicyclic amines) is 1. The topological polar surface area (TPSA) is 80.5 Å². The van der Waals surface area contributed by atoms with Gasteiger partial charge in [-0.2, -0.15) is 4.98 Å². The molecule has 0 aliphatic carbocycles. The summed E-state index contributed by atoms with van der Waals surface area (Å²) in [5.41, 5.74) is 1.66. The van der Waals surface area contributed by atoms with E-state index in [9.17, 15) is 4.79 Å². The highest BCUT2D eigenvalue weighted by Crippen LogP contribution is 2.25. The van der Waals surface area contributed by atoms with Gasteiger partial charge in [-0.15, -0.1) is 0 Å². The second-order valence-electron chi connectivity index (χ2n) is 8.52. The maximum absolute atomic E-state index is 12.9. The highest BCUT2D eigenvalue weighted by atomic mass is 79.9. The summed E-state index contributed by atoms with van der Waals surface area (Å²) in [4.78, 5) is 19.7. The zero-order chi connectivity index (χ0) is 24.0. The van der Waals surface area contributed by atoms with Gasteiger partial charge in [0, 0.05) is 22.3 Å². The standard InChI is InChI=1S/C27H25BrN4O3/c28-21-10-8-19(9-11-21)26-30-25(35-31-26)18-32-16-4-5-20(17-32)27(33)29-22-12-14-24(15-13-22)34-23-6-2-1-3-7-23/h1-3,6-15,20H,4-5,16-18H2,(H,29,33). The van der Waals surface area contributed by atoms with Gasteiger partial charge in [-0.25, -0.2) is 0 Å². The molecule has 1 saturated heterocycles. The molecule has 4 aromatic rings. The first-order chi connectivity index (χ1) is 17.1. The van der Waals surface area contributed by atoms with E-state index in [1.807, 2.05) is 78.9 Å². The van der Waals surface area contributed by atoms with Gasteiger partial charge in [-0.3, -0.25) is 9.69 Å². The fraction of sp³-hybridized carbons (Fsp3) is 0.222. The van der Waals surface area contributed by atoms with Gasteiger partial charge in [0.1, 0.15) is 11.5 Å². The van der Waals surface area contributed by atoms with Crippen molar-refractivity contribution in [2.75, 3.05) is 18.4 Å². The van der Waals surface area contributed by atoms with Gasteiger partial charge in [0.15, 0.2) is 0 Å². The Morgan fingerprint density at radius 2 is 1.77 bits per heavy atom. The number of hydrogen-bond acceptors (Lipinski definition) is 6. The summed E-state index contributed by atoms with van der Waals surface area (Å²) in [5.74, 6) is 2.54. The molecule has 1 unspecified atom stereocenters. The maximum Gasteiger partial charge on any atom is 0.241 e. The molecule has 1 aliphatic heterocycles. The number of anilines is 1. The van der Waals surface area contributed by atoms with Gasteiger partial charge in [0.05, 0.1) is 12.5 Å². The molecule has 1 N–H and O–H groups in total. The SMILES string of the molecule is O=C(Nc1ccc(Oc2ccccc2)cc1)C1CCCN(Cc2nc(-c3ccc(Br)cc3)no2)C1. The smallest absolute Gasteiger partial charge is 0.241 e. The number of nitrogens with zero attached hydrogens (tertiary/aromatic N) is 3. The monoisotopic (exact) mass is 532 g/mol. The molecular formula is C27H25BrN4O3. The van der Waals surface area contributed by atoms with Crippen LogP contribution in [0.5, 0.6) is 11.5 Å². The summed E-state index contributed by atoms with van der Waals surface area (Å²) in [5, 5.41) is 7.15. The van der Waals surface area contributed by atoms with Crippen LogP contribution in [0, 0.1) is 5.92 Å². The van der Waals surface area contributed by atoms with Gasteiger partial charge < -0.3 is 14.6 Å². The second-order valence-corrected chi connectivity index (χ2v) is 9.44. The molecule has 3 aromatic carbocycles. The summed E-state index contributed by atoms with van der Waals surface area (Å²) < 4.78 is 12.3. The number of para-hydroxylation sites is 1. The number of carbonyl (C=O) groups excluding carboxylic acids is 1. The number of piperidine rings is 1. The third-order valence-electron chi connectivity index (χ3n) is 5.91. The number of benzene rings is 3. The number of amides is 1. The Bertz CT molecular complexity index is 1260. The van der Waals surface area contributed by atoms with Crippen LogP contribution in [0.3, 0.4) is 0 Å². The fourth-order valence-electron chi connectivity index (χ4n) is 4.11. The van der Waals surface area contributed by atoms with Crippen LogP contribution in [-0.4, -0.2) is 34.0 Å².